The summed E-state index contributed by atoms with van der Waals surface area (Å²) in [7, 11) is 0. The number of piperidine rings is 1. The zero-order chi connectivity index (χ0) is 46.7. The number of hydrogen-bond donors (Lipinski definition) is 6. The van der Waals surface area contributed by atoms with Gasteiger partial charge in [0.05, 0.1) is 24.8 Å². The number of nitrogens with zero attached hydrogens (tertiary/aromatic N) is 1. The number of carbonyl (C=O) groups is 2. The molecule has 1 aliphatic rings. The van der Waals surface area contributed by atoms with Crippen molar-refractivity contribution in [3.63, 3.8) is 0 Å². The number of aromatic amines is 1. The first kappa shape index (κ1) is 47.2. The number of aliphatic hydroxyl groups excluding tert-OH is 1. The standard InChI is InChI=1S/C50H51F3N4O9/c51-50(52,53)66-44-27-35(15-16-36(44)29-54-30-43(59)40-17-19-42(58)46-41(40)18-20-45(60)56-46)47(61)55-23-8-26-64-39-14-7-13-38(28-39)49(63,37-11-5-2-6-12-37)48(62)65-32-34-21-24-57(25-22-34)31-33-9-3-1-4-10-33/h1-7,9-20,27-28,34,43,54,58-59,63H,8,21-26,29-32H2,(H,55,61)(H,56,60)/t43-,49?/m0/s1. The van der Waals surface area contributed by atoms with Crippen molar-refractivity contribution in [3.05, 3.63) is 171 Å². The van der Waals surface area contributed by atoms with Gasteiger partial charge >= 0.3 is 12.3 Å². The molecular weight excluding hydrogens is 858 g/mol. The van der Waals surface area contributed by atoms with Crippen molar-refractivity contribution in [2.75, 3.05) is 39.4 Å². The van der Waals surface area contributed by atoms with Crippen molar-refractivity contribution in [2.24, 2.45) is 5.92 Å². The van der Waals surface area contributed by atoms with Gasteiger partial charge in [0, 0.05) is 54.3 Å². The second kappa shape index (κ2) is 21.5. The van der Waals surface area contributed by atoms with Crippen molar-refractivity contribution >= 4 is 22.8 Å². The highest BCUT2D eigenvalue weighted by Crippen LogP contribution is 2.35. The molecule has 6 N–H and O–H groups in total. The number of pyridine rings is 1. The number of alkyl halides is 3. The van der Waals surface area contributed by atoms with Crippen LogP contribution in [0.3, 0.4) is 0 Å². The smallest absolute Gasteiger partial charge is 0.506 e. The SMILES string of the molecule is O=C(NCCCOc1cccc(C(O)(C(=O)OCC2CCN(Cc3ccccc3)CC2)c2ccccc2)c1)c1ccc(CNC[C@H](O)c2ccc(O)c3[nH]c(=O)ccc23)c(OC(F)(F)F)c1. The number of ether oxygens (including phenoxy) is 3. The van der Waals surface area contributed by atoms with Gasteiger partial charge < -0.3 is 45.1 Å². The Kier molecular flexibility index (Phi) is 15.4. The summed E-state index contributed by atoms with van der Waals surface area (Å²) >= 11 is 0. The fraction of sp³-hybridized carbons (Fsp3) is 0.300. The number of hydrogen-bond acceptors (Lipinski definition) is 11. The molecule has 346 valence electrons. The second-order valence-electron chi connectivity index (χ2n) is 16.2. The molecule has 13 nitrogen and oxygen atoms in total. The van der Waals surface area contributed by atoms with E-state index in [4.69, 9.17) is 9.47 Å². The van der Waals surface area contributed by atoms with Gasteiger partial charge in [0.15, 0.2) is 0 Å². The predicted octanol–water partition coefficient (Wildman–Crippen LogP) is 6.85. The number of carbonyl (C=O) groups excluding carboxylic acids is 2. The first-order chi connectivity index (χ1) is 31.8. The third-order valence-corrected chi connectivity index (χ3v) is 11.5. The Bertz CT molecular complexity index is 2640. The van der Waals surface area contributed by atoms with Gasteiger partial charge in [-0.05, 0) is 91.4 Å². The van der Waals surface area contributed by atoms with E-state index in [9.17, 15) is 42.9 Å². The number of H-pyrrole nitrogens is 1. The van der Waals surface area contributed by atoms with Crippen LogP contribution in [-0.2, 0) is 28.2 Å². The zero-order valence-electron chi connectivity index (χ0n) is 35.9. The second-order valence-corrected chi connectivity index (χ2v) is 16.2. The number of rotatable bonds is 19. The number of benzene rings is 5. The molecule has 0 aliphatic carbocycles. The Hall–Kier alpha value is -6.72. The summed E-state index contributed by atoms with van der Waals surface area (Å²) in [6, 6.07) is 34.4. The number of aromatic hydroxyl groups is 1. The van der Waals surface area contributed by atoms with E-state index in [1.54, 1.807) is 54.6 Å². The minimum Gasteiger partial charge on any atom is -0.506 e. The fourth-order valence-corrected chi connectivity index (χ4v) is 7.97. The van der Waals surface area contributed by atoms with E-state index in [-0.39, 0.29) is 66.7 Å². The molecule has 5 aromatic carbocycles. The van der Waals surface area contributed by atoms with E-state index >= 15 is 0 Å². The molecule has 0 saturated carbocycles. The minimum atomic E-state index is -5.06. The summed E-state index contributed by atoms with van der Waals surface area (Å²) < 4.78 is 56.4. The molecule has 0 radical (unpaired) electrons. The van der Waals surface area contributed by atoms with Crippen molar-refractivity contribution in [2.45, 2.75) is 50.4 Å². The summed E-state index contributed by atoms with van der Waals surface area (Å²) in [5.74, 6) is -1.74. The summed E-state index contributed by atoms with van der Waals surface area (Å²) in [6.07, 6.45) is -4.22. The van der Waals surface area contributed by atoms with Gasteiger partial charge in [-0.1, -0.05) is 84.9 Å². The zero-order valence-corrected chi connectivity index (χ0v) is 35.9. The lowest BCUT2D eigenvalue weighted by Gasteiger charge is -2.33. The lowest BCUT2D eigenvalue weighted by atomic mass is 9.86. The number of halogens is 3. The molecule has 2 atom stereocenters. The van der Waals surface area contributed by atoms with Crippen molar-refractivity contribution < 1.29 is 52.3 Å². The highest BCUT2D eigenvalue weighted by atomic mass is 19.4. The van der Waals surface area contributed by atoms with E-state index < -0.39 is 41.3 Å². The molecule has 1 unspecified atom stereocenters. The van der Waals surface area contributed by atoms with Crippen LogP contribution >= 0.6 is 0 Å². The van der Waals surface area contributed by atoms with Gasteiger partial charge in [0.2, 0.25) is 11.2 Å². The fourth-order valence-electron chi connectivity index (χ4n) is 7.97. The molecule has 0 spiro atoms. The van der Waals surface area contributed by atoms with Crippen LogP contribution in [0.4, 0.5) is 13.2 Å². The van der Waals surface area contributed by atoms with E-state index in [0.29, 0.717) is 28.7 Å². The summed E-state index contributed by atoms with van der Waals surface area (Å²) in [4.78, 5) is 43.5. The van der Waals surface area contributed by atoms with Gasteiger partial charge in [0.25, 0.3) is 5.91 Å². The largest absolute Gasteiger partial charge is 0.573 e. The van der Waals surface area contributed by atoms with E-state index in [1.807, 2.05) is 18.2 Å². The van der Waals surface area contributed by atoms with Gasteiger partial charge in [-0.2, -0.15) is 0 Å². The Morgan fingerprint density at radius 1 is 0.864 bits per heavy atom. The predicted molar refractivity (Wildman–Crippen MR) is 240 cm³/mol. The van der Waals surface area contributed by atoms with Crippen LogP contribution in [0, 0.1) is 5.92 Å². The molecule has 66 heavy (non-hydrogen) atoms. The average molecular weight is 909 g/mol. The molecule has 7 rings (SSSR count). The van der Waals surface area contributed by atoms with Gasteiger partial charge in [-0.25, -0.2) is 4.79 Å². The van der Waals surface area contributed by atoms with Crippen LogP contribution in [0.2, 0.25) is 0 Å². The molecule has 6 aromatic rings. The lowest BCUT2D eigenvalue weighted by Crippen LogP contribution is -2.40. The highest BCUT2D eigenvalue weighted by molar-refractivity contribution is 5.94. The van der Waals surface area contributed by atoms with E-state index in [2.05, 4.69) is 37.4 Å². The Morgan fingerprint density at radius 2 is 1.59 bits per heavy atom. The normalized spacial score (nSPS) is 14.9. The number of phenolic OH excluding ortho intramolecular Hbond substituents is 1. The van der Waals surface area contributed by atoms with Crippen LogP contribution in [0.25, 0.3) is 10.9 Å². The van der Waals surface area contributed by atoms with Gasteiger partial charge in [0.1, 0.15) is 17.2 Å². The van der Waals surface area contributed by atoms with E-state index in [1.165, 1.54) is 42.0 Å². The Morgan fingerprint density at radius 3 is 2.33 bits per heavy atom. The number of aliphatic hydroxyl groups is 2. The molecule has 1 amide bonds. The molecular formula is C50H51F3N4O9. The van der Waals surface area contributed by atoms with Crippen molar-refractivity contribution in [3.8, 4) is 17.2 Å². The first-order valence-electron chi connectivity index (χ1n) is 21.6. The average Bonchev–Trinajstić information content (AvgIpc) is 3.31. The number of nitrogens with one attached hydrogen (secondary N) is 3. The molecule has 16 heteroatoms. The van der Waals surface area contributed by atoms with Crippen LogP contribution in [0.1, 0.15) is 63.5 Å². The molecule has 1 aliphatic heterocycles. The highest BCUT2D eigenvalue weighted by Gasteiger charge is 2.42. The van der Waals surface area contributed by atoms with E-state index in [0.717, 1.165) is 38.5 Å². The minimum absolute atomic E-state index is 0.0643. The Balaban J connectivity index is 0.909. The molecule has 2 heterocycles. The number of likely N-dealkylation sites (tertiary alicyclic amines) is 1. The number of esters is 1. The maximum atomic E-state index is 13.8. The van der Waals surface area contributed by atoms with Crippen LogP contribution < -0.4 is 25.7 Å². The molecule has 1 aromatic heterocycles. The molecule has 0 bridgehead atoms. The maximum absolute atomic E-state index is 13.8. The van der Waals surface area contributed by atoms with Gasteiger partial charge in [-0.3, -0.25) is 14.5 Å². The number of phenols is 1. The van der Waals surface area contributed by atoms with Crippen LogP contribution in [-0.4, -0.2) is 82.8 Å². The monoisotopic (exact) mass is 908 g/mol. The van der Waals surface area contributed by atoms with Gasteiger partial charge in [-0.15, -0.1) is 13.2 Å². The number of amides is 1. The first-order valence-corrected chi connectivity index (χ1v) is 21.6. The van der Waals surface area contributed by atoms with Crippen molar-refractivity contribution in [1.82, 2.24) is 20.5 Å². The summed E-state index contributed by atoms with van der Waals surface area (Å²) in [5.41, 5.74) is -0.262. The van der Waals surface area contributed by atoms with Crippen LogP contribution in [0.5, 0.6) is 17.2 Å². The topological polar surface area (TPSA) is 183 Å². The molecule has 1 saturated heterocycles. The summed E-state index contributed by atoms with van der Waals surface area (Å²) in [5, 5.41) is 39.1. The Labute approximate surface area is 378 Å². The lowest BCUT2D eigenvalue weighted by molar-refractivity contribution is -0.274. The molecule has 1 fully saturated rings. The van der Waals surface area contributed by atoms with Crippen molar-refractivity contribution in [1.29, 1.82) is 0 Å². The number of fused-ring (bicyclic) bond motifs is 1. The summed E-state index contributed by atoms with van der Waals surface area (Å²) in [6.45, 7) is 2.69. The number of aromatic nitrogens is 1. The third kappa shape index (κ3) is 12.1. The maximum Gasteiger partial charge on any atom is 0.573 e. The third-order valence-electron chi connectivity index (χ3n) is 11.5. The quantitative estimate of drug-likeness (QED) is 0.0370. The van der Waals surface area contributed by atoms with Crippen LogP contribution in [0.15, 0.2) is 132 Å².